The fraction of sp³-hybridized carbons (Fsp3) is 0.500. The zero-order valence-corrected chi connectivity index (χ0v) is 12.1. The SMILES string of the molecule is COc1ccc(C(=O)NCC2CCC(Br)C2)cc1. The van der Waals surface area contributed by atoms with Crippen LogP contribution in [0.25, 0.3) is 0 Å². The largest absolute Gasteiger partial charge is 0.497 e. The van der Waals surface area contributed by atoms with E-state index < -0.39 is 0 Å². The number of nitrogens with one attached hydrogen (secondary N) is 1. The fourth-order valence-electron chi connectivity index (χ4n) is 2.28. The summed E-state index contributed by atoms with van der Waals surface area (Å²) in [6.07, 6.45) is 3.56. The minimum absolute atomic E-state index is 0.00400. The number of hydrogen-bond donors (Lipinski definition) is 1. The first kappa shape index (κ1) is 13.4. The molecule has 3 nitrogen and oxygen atoms in total. The van der Waals surface area contributed by atoms with E-state index in [0.29, 0.717) is 16.3 Å². The lowest BCUT2D eigenvalue weighted by Gasteiger charge is -2.11. The Morgan fingerprint density at radius 1 is 1.39 bits per heavy atom. The van der Waals surface area contributed by atoms with Gasteiger partial charge in [-0.25, -0.2) is 0 Å². The molecule has 1 amide bonds. The van der Waals surface area contributed by atoms with Crippen molar-refractivity contribution in [2.24, 2.45) is 5.92 Å². The molecular formula is C14H18BrNO2. The summed E-state index contributed by atoms with van der Waals surface area (Å²) in [6, 6.07) is 7.18. The van der Waals surface area contributed by atoms with Crippen molar-refractivity contribution < 1.29 is 9.53 Å². The summed E-state index contributed by atoms with van der Waals surface area (Å²) in [5, 5.41) is 3.00. The number of ether oxygens (including phenoxy) is 1. The summed E-state index contributed by atoms with van der Waals surface area (Å²) in [5.41, 5.74) is 0.684. The minimum Gasteiger partial charge on any atom is -0.497 e. The van der Waals surface area contributed by atoms with Crippen molar-refractivity contribution in [3.8, 4) is 5.75 Å². The second kappa shape index (κ2) is 6.23. The molecule has 1 aromatic rings. The van der Waals surface area contributed by atoms with Crippen molar-refractivity contribution in [3.05, 3.63) is 29.8 Å². The molecule has 1 fully saturated rings. The van der Waals surface area contributed by atoms with Gasteiger partial charge in [-0.3, -0.25) is 4.79 Å². The Bertz CT molecular complexity index is 405. The van der Waals surface area contributed by atoms with Crippen LogP contribution in [0.3, 0.4) is 0 Å². The zero-order chi connectivity index (χ0) is 13.0. The molecule has 0 saturated heterocycles. The molecule has 0 aliphatic heterocycles. The van der Waals surface area contributed by atoms with Gasteiger partial charge >= 0.3 is 0 Å². The van der Waals surface area contributed by atoms with Crippen LogP contribution in [0.4, 0.5) is 0 Å². The van der Waals surface area contributed by atoms with E-state index in [1.807, 2.05) is 0 Å². The fourth-order valence-corrected chi connectivity index (χ4v) is 3.07. The molecule has 0 bridgehead atoms. The first-order valence-electron chi connectivity index (χ1n) is 6.25. The average molecular weight is 312 g/mol. The van der Waals surface area contributed by atoms with E-state index in [2.05, 4.69) is 21.2 Å². The minimum atomic E-state index is -0.00400. The molecule has 0 spiro atoms. The van der Waals surface area contributed by atoms with Crippen molar-refractivity contribution in [2.45, 2.75) is 24.1 Å². The number of alkyl halides is 1. The van der Waals surface area contributed by atoms with Crippen LogP contribution in [-0.4, -0.2) is 24.4 Å². The van der Waals surface area contributed by atoms with Gasteiger partial charge in [0.05, 0.1) is 7.11 Å². The van der Waals surface area contributed by atoms with Crippen molar-refractivity contribution in [1.82, 2.24) is 5.32 Å². The molecule has 0 heterocycles. The maximum absolute atomic E-state index is 11.9. The third-order valence-electron chi connectivity index (χ3n) is 3.38. The van der Waals surface area contributed by atoms with Crippen LogP contribution in [0.2, 0.25) is 0 Å². The Labute approximate surface area is 116 Å². The van der Waals surface area contributed by atoms with E-state index >= 15 is 0 Å². The van der Waals surface area contributed by atoms with Gasteiger partial charge in [-0.15, -0.1) is 0 Å². The third-order valence-corrected chi connectivity index (χ3v) is 4.21. The van der Waals surface area contributed by atoms with Crippen LogP contribution in [0.5, 0.6) is 5.75 Å². The van der Waals surface area contributed by atoms with Crippen LogP contribution in [0, 0.1) is 5.92 Å². The van der Waals surface area contributed by atoms with Crippen LogP contribution < -0.4 is 10.1 Å². The van der Waals surface area contributed by atoms with E-state index in [9.17, 15) is 4.79 Å². The highest BCUT2D eigenvalue weighted by Gasteiger charge is 2.22. The van der Waals surface area contributed by atoms with E-state index in [-0.39, 0.29) is 5.91 Å². The molecule has 1 aromatic carbocycles. The number of methoxy groups -OCH3 is 1. The van der Waals surface area contributed by atoms with Gasteiger partial charge in [0.15, 0.2) is 0 Å². The quantitative estimate of drug-likeness (QED) is 0.868. The third kappa shape index (κ3) is 3.48. The van der Waals surface area contributed by atoms with Crippen molar-refractivity contribution in [3.63, 3.8) is 0 Å². The van der Waals surface area contributed by atoms with Gasteiger partial charge in [-0.2, -0.15) is 0 Å². The lowest BCUT2D eigenvalue weighted by atomic mass is 10.1. The first-order valence-corrected chi connectivity index (χ1v) is 7.17. The van der Waals surface area contributed by atoms with E-state index in [1.54, 1.807) is 31.4 Å². The molecule has 4 heteroatoms. The van der Waals surface area contributed by atoms with Crippen molar-refractivity contribution in [2.75, 3.05) is 13.7 Å². The van der Waals surface area contributed by atoms with Gasteiger partial charge in [0, 0.05) is 16.9 Å². The Balaban J connectivity index is 1.83. The summed E-state index contributed by atoms with van der Waals surface area (Å²) in [6.45, 7) is 0.771. The Kier molecular flexibility index (Phi) is 4.64. The predicted molar refractivity (Wildman–Crippen MR) is 75.4 cm³/mol. The summed E-state index contributed by atoms with van der Waals surface area (Å²) >= 11 is 3.62. The van der Waals surface area contributed by atoms with Gasteiger partial charge < -0.3 is 10.1 Å². The molecule has 98 valence electrons. The summed E-state index contributed by atoms with van der Waals surface area (Å²) in [5.74, 6) is 1.37. The number of halogens is 1. The first-order chi connectivity index (χ1) is 8.69. The predicted octanol–water partition coefficient (Wildman–Crippen LogP) is 2.99. The lowest BCUT2D eigenvalue weighted by molar-refractivity contribution is 0.0947. The average Bonchev–Trinajstić information content (AvgIpc) is 2.82. The second-order valence-electron chi connectivity index (χ2n) is 4.71. The van der Waals surface area contributed by atoms with Crippen LogP contribution in [-0.2, 0) is 0 Å². The Hall–Kier alpha value is -1.03. The normalized spacial score (nSPS) is 22.8. The number of amides is 1. The maximum Gasteiger partial charge on any atom is 0.251 e. The number of hydrogen-bond acceptors (Lipinski definition) is 2. The molecule has 1 aliphatic rings. The van der Waals surface area contributed by atoms with E-state index in [1.165, 1.54) is 12.8 Å². The highest BCUT2D eigenvalue weighted by atomic mass is 79.9. The number of rotatable bonds is 4. The van der Waals surface area contributed by atoms with Crippen LogP contribution in [0.1, 0.15) is 29.6 Å². The highest BCUT2D eigenvalue weighted by Crippen LogP contribution is 2.30. The second-order valence-corrected chi connectivity index (χ2v) is 6.01. The number of carbonyl (C=O) groups is 1. The van der Waals surface area contributed by atoms with Gasteiger partial charge in [0.25, 0.3) is 5.91 Å². The molecule has 1 N–H and O–H groups in total. The van der Waals surface area contributed by atoms with E-state index in [0.717, 1.165) is 18.7 Å². The van der Waals surface area contributed by atoms with Crippen LogP contribution >= 0.6 is 15.9 Å². The lowest BCUT2D eigenvalue weighted by Crippen LogP contribution is -2.28. The summed E-state index contributed by atoms with van der Waals surface area (Å²) in [4.78, 5) is 12.5. The molecule has 2 rings (SSSR count). The zero-order valence-electron chi connectivity index (χ0n) is 10.5. The molecule has 1 aliphatic carbocycles. The van der Waals surface area contributed by atoms with Gasteiger partial charge in [-0.1, -0.05) is 15.9 Å². The molecule has 2 atom stereocenters. The van der Waals surface area contributed by atoms with E-state index in [4.69, 9.17) is 4.74 Å². The Morgan fingerprint density at radius 2 is 2.11 bits per heavy atom. The van der Waals surface area contributed by atoms with Crippen molar-refractivity contribution >= 4 is 21.8 Å². The molecule has 2 unspecified atom stereocenters. The number of benzene rings is 1. The van der Waals surface area contributed by atoms with Gasteiger partial charge in [-0.05, 0) is 49.4 Å². The van der Waals surface area contributed by atoms with Crippen LogP contribution in [0.15, 0.2) is 24.3 Å². The summed E-state index contributed by atoms with van der Waals surface area (Å²) in [7, 11) is 1.62. The van der Waals surface area contributed by atoms with Gasteiger partial charge in [0.1, 0.15) is 5.75 Å². The molecular weight excluding hydrogens is 294 g/mol. The van der Waals surface area contributed by atoms with Crippen molar-refractivity contribution in [1.29, 1.82) is 0 Å². The monoisotopic (exact) mass is 311 g/mol. The highest BCUT2D eigenvalue weighted by molar-refractivity contribution is 9.09. The maximum atomic E-state index is 11.9. The number of carbonyl (C=O) groups excluding carboxylic acids is 1. The molecule has 18 heavy (non-hydrogen) atoms. The molecule has 0 aromatic heterocycles. The van der Waals surface area contributed by atoms with Gasteiger partial charge in [0.2, 0.25) is 0 Å². The molecule has 1 saturated carbocycles. The smallest absolute Gasteiger partial charge is 0.251 e. The molecule has 0 radical (unpaired) electrons. The standard InChI is InChI=1S/C14H18BrNO2/c1-18-13-6-3-11(4-7-13)14(17)16-9-10-2-5-12(15)8-10/h3-4,6-7,10,12H,2,5,8-9H2,1H3,(H,16,17). The Morgan fingerprint density at radius 3 is 2.67 bits per heavy atom. The topological polar surface area (TPSA) is 38.3 Å². The summed E-state index contributed by atoms with van der Waals surface area (Å²) < 4.78 is 5.07.